The second-order valence-corrected chi connectivity index (χ2v) is 7.74. The van der Waals surface area contributed by atoms with E-state index in [2.05, 4.69) is 11.1 Å². The van der Waals surface area contributed by atoms with Crippen molar-refractivity contribution in [1.82, 2.24) is 9.55 Å². The van der Waals surface area contributed by atoms with Gasteiger partial charge in [0.05, 0.1) is 29.9 Å². The molecule has 0 radical (unpaired) electrons. The van der Waals surface area contributed by atoms with E-state index in [0.29, 0.717) is 28.5 Å². The molecule has 0 unspecified atom stereocenters. The van der Waals surface area contributed by atoms with Crippen LogP contribution in [0.5, 0.6) is 0 Å². The fourth-order valence-corrected chi connectivity index (χ4v) is 4.31. The van der Waals surface area contributed by atoms with E-state index >= 15 is 0 Å². The summed E-state index contributed by atoms with van der Waals surface area (Å²) in [6.07, 6.45) is 0. The molecule has 5 nitrogen and oxygen atoms in total. The number of rotatable bonds is 6. The highest BCUT2D eigenvalue weighted by Gasteiger charge is 2.18. The third kappa shape index (κ3) is 3.65. The molecule has 8 heteroatoms. The van der Waals surface area contributed by atoms with Gasteiger partial charge in [0.2, 0.25) is 0 Å². The summed E-state index contributed by atoms with van der Waals surface area (Å²) < 4.78 is 19.9. The number of nitrogens with zero attached hydrogens (tertiary/aromatic N) is 3. The molecule has 26 heavy (non-hydrogen) atoms. The Hall–Kier alpha value is -2.21. The van der Waals surface area contributed by atoms with Crippen LogP contribution in [0.2, 0.25) is 0 Å². The third-order valence-corrected chi connectivity index (χ3v) is 5.65. The van der Waals surface area contributed by atoms with Crippen LogP contribution in [-0.2, 0) is 11.3 Å². The molecule has 0 saturated carbocycles. The van der Waals surface area contributed by atoms with E-state index < -0.39 is 0 Å². The minimum atomic E-state index is -0.329. The van der Waals surface area contributed by atoms with E-state index in [1.807, 2.05) is 5.38 Å². The molecule has 3 rings (SSSR count). The zero-order valence-electron chi connectivity index (χ0n) is 14.2. The number of aromatic nitrogens is 2. The van der Waals surface area contributed by atoms with Crippen molar-refractivity contribution < 1.29 is 9.13 Å². The second-order valence-electron chi connectivity index (χ2n) is 5.57. The normalized spacial score (nSPS) is 12.2. The Balaban J connectivity index is 2.19. The number of ether oxygens (including phenoxy) is 1. The fourth-order valence-electron chi connectivity index (χ4n) is 2.50. The molecule has 0 aliphatic rings. The van der Waals surface area contributed by atoms with Gasteiger partial charge in [-0.1, -0.05) is 23.9 Å². The lowest BCUT2D eigenvalue weighted by Gasteiger charge is -2.12. The largest absolute Gasteiger partial charge is 0.383 e. The molecular formula is C18H16FN3O2S2. The maximum Gasteiger partial charge on any atom is 0.263 e. The average molecular weight is 389 g/mol. The number of thioether (sulfide) groups is 1. The van der Waals surface area contributed by atoms with Crippen molar-refractivity contribution in [2.24, 2.45) is 0 Å². The number of methoxy groups -OCH3 is 1. The summed E-state index contributed by atoms with van der Waals surface area (Å²) in [5.74, 6) is -0.326. The van der Waals surface area contributed by atoms with Crippen LogP contribution in [0.4, 0.5) is 4.39 Å². The molecule has 0 bridgehead atoms. The molecule has 1 atom stereocenters. The van der Waals surface area contributed by atoms with E-state index in [9.17, 15) is 9.18 Å². The maximum atomic E-state index is 13.2. The number of nitriles is 1. The van der Waals surface area contributed by atoms with Gasteiger partial charge in [0.1, 0.15) is 10.6 Å². The van der Waals surface area contributed by atoms with Crippen LogP contribution in [0.15, 0.2) is 39.6 Å². The number of hydrogen-bond donors (Lipinski definition) is 0. The van der Waals surface area contributed by atoms with Crippen molar-refractivity contribution in [3.8, 4) is 17.2 Å². The van der Waals surface area contributed by atoms with E-state index in [1.165, 1.54) is 35.2 Å². The Morgan fingerprint density at radius 1 is 1.42 bits per heavy atom. The van der Waals surface area contributed by atoms with Gasteiger partial charge in [-0.05, 0) is 24.6 Å². The van der Waals surface area contributed by atoms with Crippen LogP contribution in [-0.4, -0.2) is 28.5 Å². The predicted octanol–water partition coefficient (Wildman–Crippen LogP) is 3.91. The van der Waals surface area contributed by atoms with Crippen LogP contribution in [0.25, 0.3) is 21.3 Å². The zero-order valence-corrected chi connectivity index (χ0v) is 15.9. The lowest BCUT2D eigenvalue weighted by Crippen LogP contribution is -2.25. The zero-order chi connectivity index (χ0) is 18.7. The highest BCUT2D eigenvalue weighted by molar-refractivity contribution is 8.00. The van der Waals surface area contributed by atoms with Crippen LogP contribution in [0.3, 0.4) is 0 Å². The van der Waals surface area contributed by atoms with Gasteiger partial charge in [-0.3, -0.25) is 9.36 Å². The maximum absolute atomic E-state index is 13.2. The summed E-state index contributed by atoms with van der Waals surface area (Å²) in [5.41, 5.74) is 1.32. The van der Waals surface area contributed by atoms with Gasteiger partial charge in [-0.15, -0.1) is 11.3 Å². The van der Waals surface area contributed by atoms with Crippen molar-refractivity contribution in [2.45, 2.75) is 23.9 Å². The molecule has 0 aliphatic heterocycles. The molecule has 0 aliphatic carbocycles. The third-order valence-electron chi connectivity index (χ3n) is 3.80. The van der Waals surface area contributed by atoms with Gasteiger partial charge >= 0.3 is 0 Å². The molecule has 0 saturated heterocycles. The van der Waals surface area contributed by atoms with Gasteiger partial charge < -0.3 is 4.74 Å². The summed E-state index contributed by atoms with van der Waals surface area (Å²) >= 11 is 2.61. The molecule has 134 valence electrons. The van der Waals surface area contributed by atoms with Crippen molar-refractivity contribution in [3.63, 3.8) is 0 Å². The Bertz CT molecular complexity index is 1020. The highest BCUT2D eigenvalue weighted by atomic mass is 32.2. The summed E-state index contributed by atoms with van der Waals surface area (Å²) in [6, 6.07) is 8.18. The first kappa shape index (κ1) is 18.6. The van der Waals surface area contributed by atoms with Crippen molar-refractivity contribution in [1.29, 1.82) is 5.26 Å². The molecule has 2 aromatic heterocycles. The summed E-state index contributed by atoms with van der Waals surface area (Å²) in [4.78, 5) is 18.4. The molecule has 3 aromatic rings. The van der Waals surface area contributed by atoms with Crippen LogP contribution in [0, 0.1) is 17.1 Å². The highest BCUT2D eigenvalue weighted by Crippen LogP contribution is 2.32. The van der Waals surface area contributed by atoms with Crippen molar-refractivity contribution >= 4 is 33.3 Å². The van der Waals surface area contributed by atoms with Crippen LogP contribution >= 0.6 is 23.1 Å². The first-order chi connectivity index (χ1) is 12.5. The van der Waals surface area contributed by atoms with Crippen molar-refractivity contribution in [2.75, 3.05) is 13.7 Å². The number of hydrogen-bond acceptors (Lipinski definition) is 6. The Labute approximate surface area is 158 Å². The lowest BCUT2D eigenvalue weighted by atomic mass is 10.1. The van der Waals surface area contributed by atoms with Crippen LogP contribution < -0.4 is 5.56 Å². The average Bonchev–Trinajstić information content (AvgIpc) is 3.06. The van der Waals surface area contributed by atoms with Gasteiger partial charge in [0, 0.05) is 18.1 Å². The monoisotopic (exact) mass is 389 g/mol. The summed E-state index contributed by atoms with van der Waals surface area (Å²) in [6.45, 7) is 2.47. The second kappa shape index (κ2) is 7.99. The van der Waals surface area contributed by atoms with Gasteiger partial charge in [-0.25, -0.2) is 9.37 Å². The first-order valence-corrected chi connectivity index (χ1v) is 9.64. The molecule has 0 amide bonds. The standard InChI is InChI=1S/C18H16FN3O2S2/c1-11(9-20)26-18-21-16-15(17(23)22(18)7-8-24-2)14(10-25-16)12-3-5-13(19)6-4-12/h3-6,10-11H,7-8H2,1-2H3/t11-/m0/s1. The number of halogens is 1. The van der Waals surface area contributed by atoms with Crippen molar-refractivity contribution in [3.05, 3.63) is 45.8 Å². The first-order valence-electron chi connectivity index (χ1n) is 7.88. The minimum absolute atomic E-state index is 0.180. The van der Waals surface area contributed by atoms with Gasteiger partial charge in [-0.2, -0.15) is 5.26 Å². The van der Waals surface area contributed by atoms with Gasteiger partial charge in [0.15, 0.2) is 5.16 Å². The Kier molecular flexibility index (Phi) is 5.71. The van der Waals surface area contributed by atoms with E-state index in [4.69, 9.17) is 10.00 Å². The SMILES string of the molecule is COCCn1c(S[C@@H](C)C#N)nc2scc(-c3ccc(F)cc3)c2c1=O. The Morgan fingerprint density at radius 3 is 2.81 bits per heavy atom. The van der Waals surface area contributed by atoms with E-state index in [0.717, 1.165) is 11.1 Å². The molecule has 2 heterocycles. The lowest BCUT2D eigenvalue weighted by molar-refractivity contribution is 0.183. The number of benzene rings is 1. The number of fused-ring (bicyclic) bond motifs is 1. The van der Waals surface area contributed by atoms with Gasteiger partial charge in [0.25, 0.3) is 5.56 Å². The quantitative estimate of drug-likeness (QED) is 0.472. The summed E-state index contributed by atoms with van der Waals surface area (Å²) in [7, 11) is 1.57. The molecule has 0 spiro atoms. The predicted molar refractivity (Wildman–Crippen MR) is 102 cm³/mol. The molecule has 0 fully saturated rings. The van der Waals surface area contributed by atoms with E-state index in [-0.39, 0.29) is 16.6 Å². The smallest absolute Gasteiger partial charge is 0.263 e. The molecular weight excluding hydrogens is 373 g/mol. The van der Waals surface area contributed by atoms with Crippen LogP contribution in [0.1, 0.15) is 6.92 Å². The Morgan fingerprint density at radius 2 is 2.15 bits per heavy atom. The van der Waals surface area contributed by atoms with E-state index in [1.54, 1.807) is 30.7 Å². The molecule has 0 N–H and O–H groups in total. The topological polar surface area (TPSA) is 67.9 Å². The number of thiophene rings is 1. The molecule has 1 aromatic carbocycles. The minimum Gasteiger partial charge on any atom is -0.383 e. The summed E-state index contributed by atoms with van der Waals surface area (Å²) in [5, 5.41) is 11.6. The fraction of sp³-hybridized carbons (Fsp3) is 0.278.